The topological polar surface area (TPSA) is 63.6 Å². The molecule has 0 aliphatic heterocycles. The van der Waals surface area contributed by atoms with Gasteiger partial charge >= 0.3 is 11.9 Å². The van der Waals surface area contributed by atoms with Crippen molar-refractivity contribution in [2.75, 3.05) is 0 Å². The molecule has 0 aromatic carbocycles. The van der Waals surface area contributed by atoms with Crippen molar-refractivity contribution in [2.45, 2.75) is 77.7 Å². The third-order valence-corrected chi connectivity index (χ3v) is 5.39. The van der Waals surface area contributed by atoms with Crippen molar-refractivity contribution in [1.82, 2.24) is 0 Å². The van der Waals surface area contributed by atoms with Crippen LogP contribution in [0.5, 0.6) is 0 Å². The fourth-order valence-corrected chi connectivity index (χ4v) is 3.71. The van der Waals surface area contributed by atoms with Crippen molar-refractivity contribution in [1.29, 1.82) is 0 Å². The van der Waals surface area contributed by atoms with Crippen molar-refractivity contribution in [2.24, 2.45) is 5.41 Å². The lowest BCUT2D eigenvalue weighted by molar-refractivity contribution is -0.177. The Labute approximate surface area is 126 Å². The van der Waals surface area contributed by atoms with E-state index >= 15 is 0 Å². The first-order valence-electron chi connectivity index (χ1n) is 7.95. The lowest BCUT2D eigenvalue weighted by Crippen LogP contribution is -2.44. The van der Waals surface area contributed by atoms with E-state index in [4.69, 9.17) is 4.74 Å². The second-order valence-corrected chi connectivity index (χ2v) is 6.81. The molecule has 0 aromatic heterocycles. The first kappa shape index (κ1) is 16.1. The summed E-state index contributed by atoms with van der Waals surface area (Å²) in [5.41, 5.74) is 0.366. The van der Waals surface area contributed by atoms with E-state index in [0.29, 0.717) is 12.8 Å². The summed E-state index contributed by atoms with van der Waals surface area (Å²) in [6.07, 6.45) is 6.06. The zero-order valence-corrected chi connectivity index (χ0v) is 13.3. The third-order valence-electron chi connectivity index (χ3n) is 5.39. The van der Waals surface area contributed by atoms with E-state index in [9.17, 15) is 14.7 Å². The molecule has 4 nitrogen and oxygen atoms in total. The van der Waals surface area contributed by atoms with Crippen LogP contribution in [0.2, 0.25) is 0 Å². The Hall–Kier alpha value is -1.32. The first-order chi connectivity index (χ1) is 9.84. The highest BCUT2D eigenvalue weighted by Crippen LogP contribution is 2.45. The van der Waals surface area contributed by atoms with Gasteiger partial charge in [-0.15, -0.1) is 0 Å². The molecule has 4 heteroatoms. The van der Waals surface area contributed by atoms with Gasteiger partial charge in [0.1, 0.15) is 5.60 Å². The van der Waals surface area contributed by atoms with Gasteiger partial charge < -0.3 is 9.84 Å². The number of carboxylic acid groups (broad SMARTS) is 1. The summed E-state index contributed by atoms with van der Waals surface area (Å²) < 4.78 is 5.89. The number of hydrogen-bond acceptors (Lipinski definition) is 3. The number of esters is 1. The van der Waals surface area contributed by atoms with Crippen LogP contribution in [0.25, 0.3) is 0 Å². The number of ether oxygens (including phenoxy) is 1. The third kappa shape index (κ3) is 2.72. The molecule has 1 N–H and O–H groups in total. The standard InChI is InChI=1S/C17H26O4/c1-12(2)13(3)17(10-6-7-11-17)21-15(20)16(14(18)19)8-4-5-9-16/h4-11H2,1-3H3,(H,18,19). The van der Waals surface area contributed by atoms with Crippen LogP contribution in [0, 0.1) is 5.41 Å². The van der Waals surface area contributed by atoms with Crippen LogP contribution in [0.4, 0.5) is 0 Å². The monoisotopic (exact) mass is 294 g/mol. The van der Waals surface area contributed by atoms with E-state index in [0.717, 1.165) is 49.7 Å². The fraction of sp³-hybridized carbons (Fsp3) is 0.765. The summed E-state index contributed by atoms with van der Waals surface area (Å²) >= 11 is 0. The van der Waals surface area contributed by atoms with E-state index in [1.807, 2.05) is 20.8 Å². The lowest BCUT2D eigenvalue weighted by Gasteiger charge is -2.34. The van der Waals surface area contributed by atoms with E-state index in [1.54, 1.807) is 0 Å². The Morgan fingerprint density at radius 2 is 1.38 bits per heavy atom. The van der Waals surface area contributed by atoms with Gasteiger partial charge in [-0.3, -0.25) is 9.59 Å². The molecular formula is C17H26O4. The molecule has 21 heavy (non-hydrogen) atoms. The molecule has 2 saturated carbocycles. The van der Waals surface area contributed by atoms with Crippen molar-refractivity contribution < 1.29 is 19.4 Å². The average molecular weight is 294 g/mol. The molecule has 0 radical (unpaired) electrons. The molecule has 0 amide bonds. The van der Waals surface area contributed by atoms with Crippen LogP contribution in [0.15, 0.2) is 11.1 Å². The number of aliphatic carboxylic acids is 1. The molecule has 2 aliphatic carbocycles. The van der Waals surface area contributed by atoms with Gasteiger partial charge in [0, 0.05) is 0 Å². The van der Waals surface area contributed by atoms with Gasteiger partial charge in [-0.2, -0.15) is 0 Å². The molecule has 0 atom stereocenters. The minimum atomic E-state index is -1.31. The maximum absolute atomic E-state index is 12.7. The molecule has 0 aromatic rings. The van der Waals surface area contributed by atoms with Crippen LogP contribution < -0.4 is 0 Å². The Balaban J connectivity index is 2.27. The highest BCUT2D eigenvalue weighted by molar-refractivity contribution is 5.99. The number of carbonyl (C=O) groups is 2. The normalized spacial score (nSPS) is 22.8. The number of rotatable bonds is 4. The summed E-state index contributed by atoms with van der Waals surface area (Å²) in [7, 11) is 0. The minimum absolute atomic E-state index is 0.408. The summed E-state index contributed by atoms with van der Waals surface area (Å²) in [4.78, 5) is 24.3. The summed E-state index contributed by atoms with van der Waals surface area (Å²) in [5, 5.41) is 9.53. The van der Waals surface area contributed by atoms with Crippen molar-refractivity contribution in [3.63, 3.8) is 0 Å². The van der Waals surface area contributed by atoms with Crippen LogP contribution in [0.1, 0.15) is 72.1 Å². The van der Waals surface area contributed by atoms with Gasteiger partial charge in [0.25, 0.3) is 0 Å². The zero-order chi connectivity index (χ0) is 15.7. The van der Waals surface area contributed by atoms with Crippen LogP contribution >= 0.6 is 0 Å². The number of hydrogen-bond donors (Lipinski definition) is 1. The van der Waals surface area contributed by atoms with E-state index in [2.05, 4.69) is 0 Å². The van der Waals surface area contributed by atoms with Crippen molar-refractivity contribution in [3.8, 4) is 0 Å². The molecule has 2 rings (SSSR count). The van der Waals surface area contributed by atoms with Crippen LogP contribution in [-0.4, -0.2) is 22.6 Å². The number of carboxylic acids is 1. The van der Waals surface area contributed by atoms with Gasteiger partial charge in [-0.05, 0) is 64.9 Å². The van der Waals surface area contributed by atoms with E-state index in [-0.39, 0.29) is 0 Å². The van der Waals surface area contributed by atoms with Gasteiger partial charge in [0.05, 0.1) is 0 Å². The minimum Gasteiger partial charge on any atom is -0.480 e. The molecule has 0 bridgehead atoms. The van der Waals surface area contributed by atoms with Crippen LogP contribution in [-0.2, 0) is 14.3 Å². The molecule has 2 aliphatic rings. The Bertz CT molecular complexity index is 459. The molecule has 0 spiro atoms. The largest absolute Gasteiger partial charge is 0.480 e. The molecule has 0 heterocycles. The SMILES string of the molecule is CC(C)=C(C)C1(OC(=O)C2(C(=O)O)CCCC2)CCCC1. The van der Waals surface area contributed by atoms with Crippen molar-refractivity contribution >= 4 is 11.9 Å². The number of allylic oxidation sites excluding steroid dienone is 1. The van der Waals surface area contributed by atoms with Gasteiger partial charge in [0.15, 0.2) is 5.41 Å². The fourth-order valence-electron chi connectivity index (χ4n) is 3.71. The maximum Gasteiger partial charge on any atom is 0.324 e. The predicted octanol–water partition coefficient (Wildman–Crippen LogP) is 3.84. The maximum atomic E-state index is 12.7. The second kappa shape index (κ2) is 5.82. The zero-order valence-electron chi connectivity index (χ0n) is 13.3. The quantitative estimate of drug-likeness (QED) is 0.486. The molecule has 2 fully saturated rings. The molecule has 0 unspecified atom stereocenters. The number of carbonyl (C=O) groups excluding carboxylic acids is 1. The van der Waals surface area contributed by atoms with Gasteiger partial charge in [0.2, 0.25) is 0 Å². The summed E-state index contributed by atoms with van der Waals surface area (Å²) in [6, 6.07) is 0. The predicted molar refractivity (Wildman–Crippen MR) is 79.9 cm³/mol. The molecule has 0 saturated heterocycles. The van der Waals surface area contributed by atoms with Gasteiger partial charge in [-0.1, -0.05) is 18.4 Å². The average Bonchev–Trinajstić information content (AvgIpc) is 3.07. The van der Waals surface area contributed by atoms with Gasteiger partial charge in [-0.25, -0.2) is 0 Å². The Morgan fingerprint density at radius 3 is 1.81 bits per heavy atom. The first-order valence-corrected chi connectivity index (χ1v) is 7.95. The Kier molecular flexibility index (Phi) is 4.45. The smallest absolute Gasteiger partial charge is 0.324 e. The lowest BCUT2D eigenvalue weighted by atomic mass is 9.84. The molecular weight excluding hydrogens is 268 g/mol. The summed E-state index contributed by atoms with van der Waals surface area (Å²) in [6.45, 7) is 6.05. The Morgan fingerprint density at radius 1 is 0.905 bits per heavy atom. The summed E-state index contributed by atoms with van der Waals surface area (Å²) in [5.74, 6) is -1.54. The van der Waals surface area contributed by atoms with Crippen LogP contribution in [0.3, 0.4) is 0 Å². The molecule has 118 valence electrons. The van der Waals surface area contributed by atoms with E-state index < -0.39 is 23.0 Å². The highest BCUT2D eigenvalue weighted by atomic mass is 16.6. The second-order valence-electron chi connectivity index (χ2n) is 6.81. The van der Waals surface area contributed by atoms with E-state index in [1.165, 1.54) is 0 Å². The van der Waals surface area contributed by atoms with Crippen molar-refractivity contribution in [3.05, 3.63) is 11.1 Å². The highest BCUT2D eigenvalue weighted by Gasteiger charge is 2.53.